The molecule has 2 aromatic carbocycles. The SMILES string of the molecule is N#Cc1ccc(C[NH+]2CCN(S(=O)(=O)c3ccc4c(c3)OCCCO4)CC2)cc1. The normalized spacial score (nSPS) is 18.0. The Bertz CT molecular complexity index is 1010. The Morgan fingerprint density at radius 2 is 1.69 bits per heavy atom. The van der Waals surface area contributed by atoms with E-state index in [1.807, 2.05) is 24.3 Å². The molecule has 1 N–H and O–H groups in total. The van der Waals surface area contributed by atoms with Gasteiger partial charge in [-0.3, -0.25) is 0 Å². The van der Waals surface area contributed by atoms with Crippen molar-refractivity contribution in [1.82, 2.24) is 4.31 Å². The maximum Gasteiger partial charge on any atom is 0.243 e. The number of piperazine rings is 1. The van der Waals surface area contributed by atoms with E-state index < -0.39 is 10.0 Å². The maximum absolute atomic E-state index is 13.1. The van der Waals surface area contributed by atoms with Crippen molar-refractivity contribution in [1.29, 1.82) is 5.26 Å². The molecule has 0 unspecified atom stereocenters. The molecule has 0 bridgehead atoms. The molecule has 2 aromatic rings. The van der Waals surface area contributed by atoms with Gasteiger partial charge in [0.2, 0.25) is 10.0 Å². The number of nitrogens with one attached hydrogen (secondary N) is 1. The van der Waals surface area contributed by atoms with Crippen molar-refractivity contribution >= 4 is 10.0 Å². The lowest BCUT2D eigenvalue weighted by Gasteiger charge is -2.31. The predicted octanol–water partition coefficient (Wildman–Crippen LogP) is 0.809. The summed E-state index contributed by atoms with van der Waals surface area (Å²) in [7, 11) is -3.56. The molecule has 2 aliphatic heterocycles. The highest BCUT2D eigenvalue weighted by Crippen LogP contribution is 2.32. The molecule has 0 aliphatic carbocycles. The highest BCUT2D eigenvalue weighted by Gasteiger charge is 2.31. The average molecular weight is 415 g/mol. The van der Waals surface area contributed by atoms with Crippen LogP contribution in [0.1, 0.15) is 17.5 Å². The Kier molecular flexibility index (Phi) is 5.72. The number of hydrogen-bond donors (Lipinski definition) is 1. The second-order valence-corrected chi connectivity index (χ2v) is 9.24. The minimum atomic E-state index is -3.56. The van der Waals surface area contributed by atoms with Gasteiger partial charge in [0.15, 0.2) is 11.5 Å². The quantitative estimate of drug-likeness (QED) is 0.801. The molecular weight excluding hydrogens is 390 g/mol. The third-order valence-electron chi connectivity index (χ3n) is 5.32. The van der Waals surface area contributed by atoms with E-state index in [2.05, 4.69) is 6.07 Å². The van der Waals surface area contributed by atoms with Gasteiger partial charge >= 0.3 is 0 Å². The Morgan fingerprint density at radius 3 is 2.38 bits per heavy atom. The predicted molar refractivity (Wildman–Crippen MR) is 106 cm³/mol. The number of quaternary nitrogens is 1. The first-order valence-corrected chi connectivity index (χ1v) is 11.2. The van der Waals surface area contributed by atoms with Crippen LogP contribution in [0.3, 0.4) is 0 Å². The molecule has 7 nitrogen and oxygen atoms in total. The Morgan fingerprint density at radius 1 is 1.00 bits per heavy atom. The first kappa shape index (κ1) is 19.7. The zero-order valence-electron chi connectivity index (χ0n) is 16.1. The van der Waals surface area contributed by atoms with Crippen LogP contribution in [0.25, 0.3) is 0 Å². The van der Waals surface area contributed by atoms with Gasteiger partial charge < -0.3 is 14.4 Å². The van der Waals surface area contributed by atoms with Crippen molar-refractivity contribution < 1.29 is 22.8 Å². The minimum absolute atomic E-state index is 0.247. The van der Waals surface area contributed by atoms with Crippen molar-refractivity contribution in [2.75, 3.05) is 39.4 Å². The summed E-state index contributed by atoms with van der Waals surface area (Å²) in [6, 6.07) is 14.5. The lowest BCUT2D eigenvalue weighted by atomic mass is 10.1. The van der Waals surface area contributed by atoms with Crippen LogP contribution in [-0.4, -0.2) is 52.1 Å². The summed E-state index contributed by atoms with van der Waals surface area (Å²) in [5.74, 6) is 1.09. The van der Waals surface area contributed by atoms with Crippen LogP contribution in [0.2, 0.25) is 0 Å². The first-order chi connectivity index (χ1) is 14.1. The van der Waals surface area contributed by atoms with E-state index >= 15 is 0 Å². The van der Waals surface area contributed by atoms with Crippen LogP contribution in [-0.2, 0) is 16.6 Å². The second kappa shape index (κ2) is 8.41. The summed E-state index contributed by atoms with van der Waals surface area (Å²) in [5, 5.41) is 8.90. The van der Waals surface area contributed by atoms with Gasteiger partial charge in [-0.2, -0.15) is 9.57 Å². The Hall–Kier alpha value is -2.60. The Balaban J connectivity index is 1.41. The van der Waals surface area contributed by atoms with E-state index in [9.17, 15) is 8.42 Å². The molecule has 4 rings (SSSR count). The topological polar surface area (TPSA) is 84.1 Å². The van der Waals surface area contributed by atoms with Crippen LogP contribution < -0.4 is 14.4 Å². The number of fused-ring (bicyclic) bond motifs is 1. The molecule has 1 saturated heterocycles. The van der Waals surface area contributed by atoms with Crippen molar-refractivity contribution in [2.45, 2.75) is 17.9 Å². The summed E-state index contributed by atoms with van der Waals surface area (Å²) in [6.45, 7) is 4.35. The van der Waals surface area contributed by atoms with Crippen molar-refractivity contribution in [3.63, 3.8) is 0 Å². The van der Waals surface area contributed by atoms with Crippen molar-refractivity contribution in [3.05, 3.63) is 53.6 Å². The van der Waals surface area contributed by atoms with E-state index in [-0.39, 0.29) is 4.90 Å². The van der Waals surface area contributed by atoms with Gasteiger partial charge in [-0.05, 0) is 24.3 Å². The molecule has 8 heteroatoms. The second-order valence-electron chi connectivity index (χ2n) is 7.30. The van der Waals surface area contributed by atoms with Crippen LogP contribution in [0.4, 0.5) is 0 Å². The van der Waals surface area contributed by atoms with E-state index in [4.69, 9.17) is 14.7 Å². The van der Waals surface area contributed by atoms with Gasteiger partial charge in [-0.1, -0.05) is 12.1 Å². The van der Waals surface area contributed by atoms with E-state index in [1.54, 1.807) is 22.5 Å². The van der Waals surface area contributed by atoms with Gasteiger partial charge in [-0.15, -0.1) is 0 Å². The molecule has 2 aliphatic rings. The zero-order chi connectivity index (χ0) is 20.3. The fourth-order valence-electron chi connectivity index (χ4n) is 3.66. The number of benzene rings is 2. The minimum Gasteiger partial charge on any atom is -0.490 e. The van der Waals surface area contributed by atoms with Crippen LogP contribution in [0.5, 0.6) is 11.5 Å². The van der Waals surface area contributed by atoms with E-state index in [0.29, 0.717) is 43.4 Å². The van der Waals surface area contributed by atoms with Gasteiger partial charge in [0.05, 0.1) is 55.9 Å². The summed E-state index contributed by atoms with van der Waals surface area (Å²) in [5.41, 5.74) is 1.80. The molecule has 29 heavy (non-hydrogen) atoms. The van der Waals surface area contributed by atoms with Gasteiger partial charge in [0.1, 0.15) is 6.54 Å². The maximum atomic E-state index is 13.1. The first-order valence-electron chi connectivity index (χ1n) is 9.79. The highest BCUT2D eigenvalue weighted by molar-refractivity contribution is 7.89. The number of sulfonamides is 1. The molecule has 0 aromatic heterocycles. The van der Waals surface area contributed by atoms with Crippen LogP contribution in [0, 0.1) is 11.3 Å². The van der Waals surface area contributed by atoms with Crippen molar-refractivity contribution in [2.24, 2.45) is 0 Å². The molecule has 1 fully saturated rings. The summed E-state index contributed by atoms with van der Waals surface area (Å²) in [6.07, 6.45) is 0.779. The number of nitriles is 1. The van der Waals surface area contributed by atoms with Crippen LogP contribution >= 0.6 is 0 Å². The summed E-state index contributed by atoms with van der Waals surface area (Å²) >= 11 is 0. The number of nitrogens with zero attached hydrogens (tertiary/aromatic N) is 2. The zero-order valence-corrected chi connectivity index (χ0v) is 17.0. The summed E-state index contributed by atoms with van der Waals surface area (Å²) in [4.78, 5) is 1.58. The lowest BCUT2D eigenvalue weighted by Crippen LogP contribution is -3.13. The fourth-order valence-corrected chi connectivity index (χ4v) is 5.12. The van der Waals surface area contributed by atoms with Crippen LogP contribution in [0.15, 0.2) is 47.4 Å². The molecule has 2 heterocycles. The molecule has 0 radical (unpaired) electrons. The molecule has 0 spiro atoms. The fraction of sp³-hybridized carbons (Fsp3) is 0.381. The van der Waals surface area contributed by atoms with E-state index in [1.165, 1.54) is 4.90 Å². The molecule has 0 saturated carbocycles. The average Bonchev–Trinajstić information content (AvgIpc) is 2.99. The Labute approximate surface area is 171 Å². The molecule has 0 atom stereocenters. The third-order valence-corrected chi connectivity index (χ3v) is 7.22. The van der Waals surface area contributed by atoms with Crippen molar-refractivity contribution in [3.8, 4) is 17.6 Å². The van der Waals surface area contributed by atoms with Gasteiger partial charge in [0, 0.05) is 18.1 Å². The van der Waals surface area contributed by atoms with Gasteiger partial charge in [-0.25, -0.2) is 8.42 Å². The smallest absolute Gasteiger partial charge is 0.243 e. The summed E-state index contributed by atoms with van der Waals surface area (Å²) < 4.78 is 39.0. The number of hydrogen-bond acceptors (Lipinski definition) is 5. The molecule has 0 amide bonds. The monoisotopic (exact) mass is 414 g/mol. The van der Waals surface area contributed by atoms with Gasteiger partial charge in [0.25, 0.3) is 0 Å². The largest absolute Gasteiger partial charge is 0.490 e. The standard InChI is InChI=1S/C21H23N3O4S/c22-15-17-2-4-18(5-3-17)16-23-8-10-24(11-9-23)29(25,26)19-6-7-20-21(14-19)28-13-1-12-27-20/h2-7,14H,1,8-13,16H2/p+1. The molecular formula is C21H24N3O4S+. The molecule has 152 valence electrons. The van der Waals surface area contributed by atoms with E-state index in [0.717, 1.165) is 31.6 Å². The third kappa shape index (κ3) is 4.37. The lowest BCUT2D eigenvalue weighted by molar-refractivity contribution is -0.917. The highest BCUT2D eigenvalue weighted by atomic mass is 32.2. The number of rotatable bonds is 4. The number of ether oxygens (including phenoxy) is 2.